The number of nitrogens with zero attached hydrogens (tertiary/aromatic N) is 2. The average molecular weight is 460 g/mol. The van der Waals surface area contributed by atoms with Gasteiger partial charge in [0.1, 0.15) is 9.84 Å². The second kappa shape index (κ2) is 11.5. The van der Waals surface area contributed by atoms with E-state index in [-0.39, 0.29) is 35.8 Å². The molecule has 6 nitrogen and oxygen atoms in total. The summed E-state index contributed by atoms with van der Waals surface area (Å²) in [5, 5.41) is 6.64. The molecule has 138 valence electrons. The Morgan fingerprint density at radius 3 is 2.39 bits per heavy atom. The van der Waals surface area contributed by atoms with Crippen LogP contribution in [0.3, 0.4) is 0 Å². The lowest BCUT2D eigenvalue weighted by Crippen LogP contribution is -2.48. The van der Waals surface area contributed by atoms with E-state index >= 15 is 0 Å². The maximum Gasteiger partial charge on any atom is 0.191 e. The predicted octanol–water partition coefficient (Wildman–Crippen LogP) is 1.47. The summed E-state index contributed by atoms with van der Waals surface area (Å²) in [4.78, 5) is 6.77. The van der Waals surface area contributed by atoms with Gasteiger partial charge in [0, 0.05) is 31.9 Å². The largest absolute Gasteiger partial charge is 0.355 e. The molecule has 0 bridgehead atoms. The van der Waals surface area contributed by atoms with Gasteiger partial charge >= 0.3 is 0 Å². The van der Waals surface area contributed by atoms with Gasteiger partial charge in [-0.15, -0.1) is 24.0 Å². The number of nitrogens with one attached hydrogen (secondary N) is 2. The van der Waals surface area contributed by atoms with E-state index in [1.165, 1.54) is 32.2 Å². The fourth-order valence-electron chi connectivity index (χ4n) is 2.74. The number of halogens is 1. The van der Waals surface area contributed by atoms with Crippen LogP contribution in [0.2, 0.25) is 0 Å². The quantitative estimate of drug-likeness (QED) is 0.326. The van der Waals surface area contributed by atoms with Crippen LogP contribution in [-0.2, 0) is 9.84 Å². The number of guanidine groups is 1. The molecular weight excluding hydrogens is 427 g/mol. The molecule has 1 aliphatic rings. The van der Waals surface area contributed by atoms with Gasteiger partial charge in [0.25, 0.3) is 0 Å². The number of hydrogen-bond donors (Lipinski definition) is 2. The fourth-order valence-corrected chi connectivity index (χ4v) is 3.53. The van der Waals surface area contributed by atoms with E-state index in [0.29, 0.717) is 12.5 Å². The Balaban J connectivity index is 0.00000484. The van der Waals surface area contributed by atoms with Crippen LogP contribution in [0.15, 0.2) is 4.99 Å². The Hall–Kier alpha value is -0.0900. The van der Waals surface area contributed by atoms with Crippen molar-refractivity contribution in [3.63, 3.8) is 0 Å². The Morgan fingerprint density at radius 1 is 1.30 bits per heavy atom. The van der Waals surface area contributed by atoms with Crippen molar-refractivity contribution in [2.24, 2.45) is 4.99 Å². The van der Waals surface area contributed by atoms with Crippen LogP contribution >= 0.6 is 24.0 Å². The molecule has 8 heteroatoms. The minimum atomic E-state index is -2.91. The number of hydrogen-bond acceptors (Lipinski definition) is 4. The molecule has 0 aliphatic carbocycles. The molecular formula is C15H33IN4O2S. The van der Waals surface area contributed by atoms with Crippen LogP contribution in [0.1, 0.15) is 39.5 Å². The van der Waals surface area contributed by atoms with Crippen molar-refractivity contribution >= 4 is 39.8 Å². The first-order valence-electron chi connectivity index (χ1n) is 8.24. The third kappa shape index (κ3) is 9.71. The second-order valence-corrected chi connectivity index (χ2v) is 8.48. The SMILES string of the molecule is CCC(CNC(=NC)NC(C)CCS(C)(=O)=O)N1CCCC1.I. The normalized spacial score (nSPS) is 19.0. The highest BCUT2D eigenvalue weighted by atomic mass is 127. The smallest absolute Gasteiger partial charge is 0.191 e. The lowest BCUT2D eigenvalue weighted by Gasteiger charge is -2.28. The van der Waals surface area contributed by atoms with Crippen LogP contribution in [0.25, 0.3) is 0 Å². The first-order chi connectivity index (χ1) is 10.4. The second-order valence-electron chi connectivity index (χ2n) is 6.22. The molecule has 2 atom stereocenters. The topological polar surface area (TPSA) is 73.8 Å². The Morgan fingerprint density at radius 2 is 1.91 bits per heavy atom. The van der Waals surface area contributed by atoms with Crippen molar-refractivity contribution in [1.29, 1.82) is 0 Å². The highest BCUT2D eigenvalue weighted by molar-refractivity contribution is 14.0. The zero-order valence-electron chi connectivity index (χ0n) is 14.8. The number of rotatable bonds is 8. The summed E-state index contributed by atoms with van der Waals surface area (Å²) in [5.41, 5.74) is 0. The van der Waals surface area contributed by atoms with Gasteiger partial charge in [0.05, 0.1) is 5.75 Å². The van der Waals surface area contributed by atoms with Crippen LogP contribution < -0.4 is 10.6 Å². The van der Waals surface area contributed by atoms with Crippen molar-refractivity contribution in [2.45, 2.75) is 51.6 Å². The minimum absolute atomic E-state index is 0. The number of aliphatic imine (C=N–C) groups is 1. The van der Waals surface area contributed by atoms with Gasteiger partial charge in [-0.1, -0.05) is 6.92 Å². The standard InChI is InChI=1S/C15H32N4O2S.HI/c1-5-14(19-9-6-7-10-19)12-17-15(16-3)18-13(2)8-11-22(4,20)21;/h13-14H,5-12H2,1-4H3,(H2,16,17,18);1H. The zero-order chi connectivity index (χ0) is 16.6. The Kier molecular flexibility index (Phi) is 11.4. The van der Waals surface area contributed by atoms with Gasteiger partial charge in [-0.25, -0.2) is 8.42 Å². The Labute approximate surface area is 158 Å². The van der Waals surface area contributed by atoms with Crippen molar-refractivity contribution in [3.05, 3.63) is 0 Å². The zero-order valence-corrected chi connectivity index (χ0v) is 18.0. The molecule has 1 rings (SSSR count). The van der Waals surface area contributed by atoms with Crippen molar-refractivity contribution < 1.29 is 8.42 Å². The van der Waals surface area contributed by atoms with Gasteiger partial charge in [-0.2, -0.15) is 0 Å². The molecule has 2 N–H and O–H groups in total. The lowest BCUT2D eigenvalue weighted by molar-refractivity contribution is 0.236. The lowest BCUT2D eigenvalue weighted by atomic mass is 10.2. The van der Waals surface area contributed by atoms with E-state index in [1.54, 1.807) is 7.05 Å². The maximum atomic E-state index is 11.2. The molecule has 0 aromatic rings. The van der Waals surface area contributed by atoms with Crippen LogP contribution in [0.5, 0.6) is 0 Å². The summed E-state index contributed by atoms with van der Waals surface area (Å²) in [6.07, 6.45) is 5.57. The summed E-state index contributed by atoms with van der Waals surface area (Å²) in [6, 6.07) is 0.611. The van der Waals surface area contributed by atoms with Crippen LogP contribution in [-0.4, -0.2) is 70.1 Å². The van der Waals surface area contributed by atoms with Gasteiger partial charge < -0.3 is 10.6 Å². The third-order valence-electron chi connectivity index (χ3n) is 4.16. The summed E-state index contributed by atoms with van der Waals surface area (Å²) in [7, 11) is -1.16. The van der Waals surface area contributed by atoms with Crippen molar-refractivity contribution in [2.75, 3.05) is 38.7 Å². The summed E-state index contributed by atoms with van der Waals surface area (Å²) in [5.74, 6) is 0.947. The van der Waals surface area contributed by atoms with E-state index in [2.05, 4.69) is 27.4 Å². The summed E-state index contributed by atoms with van der Waals surface area (Å²) in [6.45, 7) is 7.45. The number of likely N-dealkylation sites (tertiary alicyclic amines) is 1. The average Bonchev–Trinajstić information content (AvgIpc) is 2.98. The van der Waals surface area contributed by atoms with Crippen molar-refractivity contribution in [3.8, 4) is 0 Å². The molecule has 1 fully saturated rings. The van der Waals surface area contributed by atoms with Crippen LogP contribution in [0.4, 0.5) is 0 Å². The third-order valence-corrected chi connectivity index (χ3v) is 5.14. The molecule has 2 unspecified atom stereocenters. The molecule has 0 radical (unpaired) electrons. The molecule has 0 amide bonds. The Bertz CT molecular complexity index is 450. The maximum absolute atomic E-state index is 11.2. The van der Waals surface area contributed by atoms with Gasteiger partial charge in [0.15, 0.2) is 5.96 Å². The fraction of sp³-hybridized carbons (Fsp3) is 0.933. The highest BCUT2D eigenvalue weighted by Gasteiger charge is 2.20. The first-order valence-corrected chi connectivity index (χ1v) is 10.3. The summed E-state index contributed by atoms with van der Waals surface area (Å²) >= 11 is 0. The van der Waals surface area contributed by atoms with E-state index in [4.69, 9.17) is 0 Å². The molecule has 0 spiro atoms. The van der Waals surface area contributed by atoms with Gasteiger partial charge in [-0.3, -0.25) is 9.89 Å². The monoisotopic (exact) mass is 460 g/mol. The van der Waals surface area contributed by atoms with E-state index in [1.807, 2.05) is 6.92 Å². The molecule has 1 saturated heterocycles. The molecule has 0 aromatic carbocycles. The van der Waals surface area contributed by atoms with E-state index in [0.717, 1.165) is 18.9 Å². The van der Waals surface area contributed by atoms with Crippen LogP contribution in [0, 0.1) is 0 Å². The predicted molar refractivity (Wildman–Crippen MR) is 109 cm³/mol. The van der Waals surface area contributed by atoms with Gasteiger partial charge in [-0.05, 0) is 45.7 Å². The van der Waals surface area contributed by atoms with Gasteiger partial charge in [0.2, 0.25) is 0 Å². The van der Waals surface area contributed by atoms with E-state index < -0.39 is 9.84 Å². The first kappa shape index (κ1) is 22.9. The molecule has 1 heterocycles. The van der Waals surface area contributed by atoms with E-state index in [9.17, 15) is 8.42 Å². The highest BCUT2D eigenvalue weighted by Crippen LogP contribution is 2.13. The molecule has 0 saturated carbocycles. The molecule has 23 heavy (non-hydrogen) atoms. The minimum Gasteiger partial charge on any atom is -0.355 e. The van der Waals surface area contributed by atoms with Crippen molar-refractivity contribution in [1.82, 2.24) is 15.5 Å². The molecule has 0 aromatic heterocycles. The molecule has 1 aliphatic heterocycles. The summed E-state index contributed by atoms with van der Waals surface area (Å²) < 4.78 is 22.4. The number of sulfone groups is 1.